The van der Waals surface area contributed by atoms with Crippen molar-refractivity contribution >= 4 is 28.4 Å². The van der Waals surface area contributed by atoms with Crippen molar-refractivity contribution in [2.45, 2.75) is 10.9 Å². The average Bonchev–Trinajstić information content (AvgIpc) is 3.56. The van der Waals surface area contributed by atoms with Crippen molar-refractivity contribution in [1.82, 2.24) is 33.9 Å². The lowest BCUT2D eigenvalue weighted by atomic mass is 10.2. The van der Waals surface area contributed by atoms with Gasteiger partial charge in [-0.1, -0.05) is 54.2 Å². The number of fused-ring (bicyclic) bond motifs is 3. The first kappa shape index (κ1) is 22.1. The van der Waals surface area contributed by atoms with E-state index in [1.54, 1.807) is 14.2 Å². The summed E-state index contributed by atoms with van der Waals surface area (Å²) in [6.07, 6.45) is 0. The summed E-state index contributed by atoms with van der Waals surface area (Å²) >= 11 is 1.51. The highest BCUT2D eigenvalue weighted by atomic mass is 32.2. The molecule has 36 heavy (non-hydrogen) atoms. The van der Waals surface area contributed by atoms with Crippen LogP contribution >= 0.6 is 11.8 Å². The molecule has 0 radical (unpaired) electrons. The standard InChI is InChI=1S/C26H21N7O2S/c1-31-24(34)20-13-6-7-14-21(20)33-22(27-29-25(31)33)16-36-26-30-28-23(17-9-8-12-19(15-17)35-2)32(26)18-10-4-3-5-11-18/h3-15H,16H2,1-2H3. The molecule has 0 aliphatic rings. The van der Waals surface area contributed by atoms with Crippen molar-refractivity contribution < 1.29 is 4.74 Å². The van der Waals surface area contributed by atoms with Gasteiger partial charge in [0.25, 0.3) is 5.56 Å². The number of nitrogens with zero attached hydrogens (tertiary/aromatic N) is 7. The van der Waals surface area contributed by atoms with Gasteiger partial charge >= 0.3 is 0 Å². The molecule has 0 aliphatic carbocycles. The molecule has 0 bridgehead atoms. The minimum absolute atomic E-state index is 0.101. The first-order valence-electron chi connectivity index (χ1n) is 11.3. The zero-order valence-electron chi connectivity index (χ0n) is 19.6. The smallest absolute Gasteiger partial charge is 0.262 e. The van der Waals surface area contributed by atoms with Gasteiger partial charge in [0.1, 0.15) is 11.6 Å². The number of hydrogen-bond acceptors (Lipinski definition) is 7. The van der Waals surface area contributed by atoms with Crippen LogP contribution in [0, 0.1) is 0 Å². The minimum Gasteiger partial charge on any atom is -0.497 e. The van der Waals surface area contributed by atoms with Crippen LogP contribution in [0.4, 0.5) is 0 Å². The summed E-state index contributed by atoms with van der Waals surface area (Å²) < 4.78 is 10.9. The second kappa shape index (κ2) is 8.97. The van der Waals surface area contributed by atoms with E-state index in [0.717, 1.165) is 22.5 Å². The Bertz CT molecular complexity index is 1770. The molecule has 3 heterocycles. The van der Waals surface area contributed by atoms with Crippen LogP contribution in [0.3, 0.4) is 0 Å². The number of ether oxygens (including phenoxy) is 1. The largest absolute Gasteiger partial charge is 0.497 e. The van der Waals surface area contributed by atoms with E-state index in [2.05, 4.69) is 20.4 Å². The van der Waals surface area contributed by atoms with E-state index < -0.39 is 0 Å². The number of benzene rings is 3. The molecule has 0 atom stereocenters. The number of aromatic nitrogens is 7. The predicted molar refractivity (Wildman–Crippen MR) is 139 cm³/mol. The van der Waals surface area contributed by atoms with E-state index in [9.17, 15) is 4.79 Å². The van der Waals surface area contributed by atoms with E-state index >= 15 is 0 Å². The highest BCUT2D eigenvalue weighted by Crippen LogP contribution is 2.31. The van der Waals surface area contributed by atoms with Gasteiger partial charge in [0.2, 0.25) is 5.78 Å². The Kier molecular flexibility index (Phi) is 5.49. The van der Waals surface area contributed by atoms with Crippen LogP contribution in [0.5, 0.6) is 5.75 Å². The maximum absolute atomic E-state index is 12.8. The van der Waals surface area contributed by atoms with Gasteiger partial charge in [-0.3, -0.25) is 18.3 Å². The van der Waals surface area contributed by atoms with Crippen LogP contribution in [-0.4, -0.2) is 41.0 Å². The summed E-state index contributed by atoms with van der Waals surface area (Å²) in [5, 5.41) is 19.1. The number of methoxy groups -OCH3 is 1. The molecule has 178 valence electrons. The molecular weight excluding hydrogens is 474 g/mol. The van der Waals surface area contributed by atoms with Crippen molar-refractivity contribution in [1.29, 1.82) is 0 Å². The maximum Gasteiger partial charge on any atom is 0.262 e. The third-order valence-corrected chi connectivity index (χ3v) is 6.92. The molecule has 10 heteroatoms. The van der Waals surface area contributed by atoms with Gasteiger partial charge in [0.05, 0.1) is 23.8 Å². The van der Waals surface area contributed by atoms with E-state index in [-0.39, 0.29) is 5.56 Å². The predicted octanol–water partition coefficient (Wildman–Crippen LogP) is 4.13. The SMILES string of the molecule is COc1cccc(-c2nnc(SCc3nnc4n(C)c(=O)c5ccccc5n34)n2-c2ccccc2)c1. The second-order valence-electron chi connectivity index (χ2n) is 8.13. The summed E-state index contributed by atoms with van der Waals surface area (Å²) in [6.45, 7) is 0. The topological polar surface area (TPSA) is 92.1 Å². The maximum atomic E-state index is 12.8. The van der Waals surface area contributed by atoms with E-state index in [1.807, 2.05) is 87.8 Å². The van der Waals surface area contributed by atoms with Crippen molar-refractivity contribution in [2.75, 3.05) is 7.11 Å². The summed E-state index contributed by atoms with van der Waals surface area (Å²) in [5.41, 5.74) is 2.52. The molecule has 9 nitrogen and oxygen atoms in total. The normalized spacial score (nSPS) is 11.4. The lowest BCUT2D eigenvalue weighted by molar-refractivity contribution is 0.415. The van der Waals surface area contributed by atoms with E-state index in [0.29, 0.717) is 33.7 Å². The first-order valence-corrected chi connectivity index (χ1v) is 12.2. The fourth-order valence-corrected chi connectivity index (χ4v) is 5.10. The summed E-state index contributed by atoms with van der Waals surface area (Å²) in [4.78, 5) is 12.8. The van der Waals surface area contributed by atoms with Gasteiger partial charge in [-0.15, -0.1) is 20.4 Å². The number of thioether (sulfide) groups is 1. The third kappa shape index (κ3) is 3.62. The van der Waals surface area contributed by atoms with Crippen LogP contribution in [0.25, 0.3) is 33.8 Å². The Balaban J connectivity index is 1.44. The van der Waals surface area contributed by atoms with Crippen molar-refractivity contribution in [3.05, 3.63) is 95.0 Å². The molecule has 0 spiro atoms. The van der Waals surface area contributed by atoms with Crippen molar-refractivity contribution in [2.24, 2.45) is 7.05 Å². The van der Waals surface area contributed by atoms with Crippen LogP contribution in [0.1, 0.15) is 5.82 Å². The molecule has 3 aromatic heterocycles. The number of rotatable bonds is 6. The van der Waals surface area contributed by atoms with Gasteiger partial charge in [-0.05, 0) is 36.4 Å². The summed E-state index contributed by atoms with van der Waals surface area (Å²) in [6, 6.07) is 25.2. The van der Waals surface area contributed by atoms with Crippen LogP contribution in [-0.2, 0) is 12.8 Å². The molecule has 0 amide bonds. The first-order chi connectivity index (χ1) is 17.7. The molecule has 0 fully saturated rings. The fraction of sp³-hybridized carbons (Fsp3) is 0.115. The Labute approximate surface area is 210 Å². The summed E-state index contributed by atoms with van der Waals surface area (Å²) in [7, 11) is 3.35. The van der Waals surface area contributed by atoms with Crippen molar-refractivity contribution in [3.63, 3.8) is 0 Å². The van der Waals surface area contributed by atoms with Crippen LogP contribution < -0.4 is 10.3 Å². The van der Waals surface area contributed by atoms with Gasteiger partial charge in [0.15, 0.2) is 11.0 Å². The molecule has 0 aliphatic heterocycles. The van der Waals surface area contributed by atoms with Crippen molar-refractivity contribution in [3.8, 4) is 22.8 Å². The second-order valence-corrected chi connectivity index (χ2v) is 9.07. The van der Waals surface area contributed by atoms with Gasteiger partial charge in [-0.25, -0.2) is 0 Å². The molecule has 0 unspecified atom stereocenters. The Morgan fingerprint density at radius 1 is 0.889 bits per heavy atom. The number of hydrogen-bond donors (Lipinski definition) is 0. The number of aryl methyl sites for hydroxylation is 1. The molecule has 6 aromatic rings. The Morgan fingerprint density at radius 3 is 2.53 bits per heavy atom. The van der Waals surface area contributed by atoms with Gasteiger partial charge in [-0.2, -0.15) is 0 Å². The highest BCUT2D eigenvalue weighted by molar-refractivity contribution is 7.98. The molecule has 0 N–H and O–H groups in total. The fourth-order valence-electron chi connectivity index (χ4n) is 4.24. The Hall–Kier alpha value is -4.44. The van der Waals surface area contributed by atoms with Crippen LogP contribution in [0.2, 0.25) is 0 Å². The zero-order chi connectivity index (χ0) is 24.6. The zero-order valence-corrected chi connectivity index (χ0v) is 20.4. The molecular formula is C26H21N7O2S. The molecule has 0 saturated heterocycles. The van der Waals surface area contributed by atoms with E-state index in [1.165, 1.54) is 16.3 Å². The average molecular weight is 496 g/mol. The molecule has 0 saturated carbocycles. The highest BCUT2D eigenvalue weighted by Gasteiger charge is 2.19. The molecule has 3 aromatic carbocycles. The molecule has 6 rings (SSSR count). The minimum atomic E-state index is -0.101. The van der Waals surface area contributed by atoms with Gasteiger partial charge < -0.3 is 4.74 Å². The number of para-hydroxylation sites is 2. The quantitative estimate of drug-likeness (QED) is 0.321. The van der Waals surface area contributed by atoms with Crippen LogP contribution in [0.15, 0.2) is 88.8 Å². The van der Waals surface area contributed by atoms with E-state index in [4.69, 9.17) is 4.74 Å². The summed E-state index contributed by atoms with van der Waals surface area (Å²) in [5.74, 6) is 3.15. The third-order valence-electron chi connectivity index (χ3n) is 6.00. The Morgan fingerprint density at radius 2 is 1.69 bits per heavy atom. The monoisotopic (exact) mass is 495 g/mol. The van der Waals surface area contributed by atoms with Gasteiger partial charge in [0, 0.05) is 18.3 Å². The lowest BCUT2D eigenvalue weighted by Gasteiger charge is -2.11. The lowest BCUT2D eigenvalue weighted by Crippen LogP contribution is -2.20.